The first-order valence-electron chi connectivity index (χ1n) is 9.07. The molecule has 1 fully saturated rings. The number of benzene rings is 1. The van der Waals surface area contributed by atoms with Gasteiger partial charge in [0.2, 0.25) is 0 Å². The van der Waals surface area contributed by atoms with Crippen LogP contribution in [0, 0.1) is 11.8 Å². The van der Waals surface area contributed by atoms with Gasteiger partial charge in [0.15, 0.2) is 0 Å². The molecule has 0 spiro atoms. The molecule has 6 heteroatoms. The molecule has 2 rings (SSSR count). The lowest BCUT2D eigenvalue weighted by atomic mass is 9.73. The maximum Gasteiger partial charge on any atom is 0.113 e. The number of likely N-dealkylation sites (N-methyl/N-ethyl adjacent to an activating group) is 1. The Bertz CT molecular complexity index is 542. The number of methoxy groups -OCH3 is 1. The molecule has 1 aliphatic rings. The van der Waals surface area contributed by atoms with Crippen molar-refractivity contribution in [1.82, 2.24) is 10.6 Å². The molecular weight excluding hydrogens is 359 g/mol. The maximum atomic E-state index is 11.3. The fourth-order valence-corrected chi connectivity index (χ4v) is 4.37. The summed E-state index contributed by atoms with van der Waals surface area (Å²) >= 11 is 12.3. The first-order valence-corrected chi connectivity index (χ1v) is 9.82. The molecule has 0 aromatic heterocycles. The van der Waals surface area contributed by atoms with Gasteiger partial charge in [-0.1, -0.05) is 49.0 Å². The van der Waals surface area contributed by atoms with Gasteiger partial charge in [-0.2, -0.15) is 0 Å². The Kier molecular flexibility index (Phi) is 8.46. The van der Waals surface area contributed by atoms with E-state index in [1.165, 1.54) is 0 Å². The monoisotopic (exact) mass is 388 g/mol. The standard InChI is InChI=1S/C19H30Cl2N2O2/c1-4-5-12-8-9-23-19(25-3)17(12)18(24)14(11-22-2)13-6-7-15(20)16(21)10-13/h6-7,10,12,14,17-19,22-24H,4-5,8-9,11H2,1-3H3/t12?,14?,17?,18-,19?/m1/s1. The summed E-state index contributed by atoms with van der Waals surface area (Å²) in [4.78, 5) is 0. The fraction of sp³-hybridized carbons (Fsp3) is 0.684. The summed E-state index contributed by atoms with van der Waals surface area (Å²) in [5.74, 6) is 0.390. The molecule has 0 amide bonds. The Morgan fingerprint density at radius 1 is 1.36 bits per heavy atom. The van der Waals surface area contributed by atoms with Crippen molar-refractivity contribution in [2.24, 2.45) is 11.8 Å². The highest BCUT2D eigenvalue weighted by Crippen LogP contribution is 2.37. The molecule has 1 aliphatic heterocycles. The smallest absolute Gasteiger partial charge is 0.113 e. The number of halogens is 2. The number of rotatable bonds is 8. The molecule has 3 N–H and O–H groups in total. The van der Waals surface area contributed by atoms with Gasteiger partial charge in [0.1, 0.15) is 6.23 Å². The minimum absolute atomic E-state index is 0.0338. The Hall–Kier alpha value is -0.360. The van der Waals surface area contributed by atoms with Gasteiger partial charge in [-0.25, -0.2) is 0 Å². The van der Waals surface area contributed by atoms with E-state index in [1.54, 1.807) is 13.2 Å². The molecule has 0 radical (unpaired) electrons. The number of hydrogen-bond donors (Lipinski definition) is 3. The highest BCUT2D eigenvalue weighted by atomic mass is 35.5. The molecule has 4 unspecified atom stereocenters. The van der Waals surface area contributed by atoms with E-state index in [2.05, 4.69) is 17.6 Å². The Morgan fingerprint density at radius 2 is 2.12 bits per heavy atom. The first-order chi connectivity index (χ1) is 12.0. The van der Waals surface area contributed by atoms with E-state index >= 15 is 0 Å². The number of aliphatic hydroxyl groups excluding tert-OH is 1. The molecule has 1 heterocycles. The van der Waals surface area contributed by atoms with E-state index in [4.69, 9.17) is 27.9 Å². The minimum Gasteiger partial charge on any atom is -0.392 e. The van der Waals surface area contributed by atoms with Gasteiger partial charge in [-0.3, -0.25) is 5.32 Å². The number of ether oxygens (including phenoxy) is 1. The van der Waals surface area contributed by atoms with E-state index in [-0.39, 0.29) is 18.1 Å². The van der Waals surface area contributed by atoms with Crippen molar-refractivity contribution in [2.75, 3.05) is 27.2 Å². The fourth-order valence-electron chi connectivity index (χ4n) is 4.06. The van der Waals surface area contributed by atoms with Crippen molar-refractivity contribution < 1.29 is 9.84 Å². The molecule has 0 bridgehead atoms. The zero-order chi connectivity index (χ0) is 18.4. The SMILES string of the molecule is CCCC1CCNC(OC)C1[C@H](O)C(CNC)c1ccc(Cl)c(Cl)c1. The molecule has 25 heavy (non-hydrogen) atoms. The van der Waals surface area contributed by atoms with E-state index in [9.17, 15) is 5.11 Å². The van der Waals surface area contributed by atoms with Crippen LogP contribution in [0.2, 0.25) is 10.0 Å². The zero-order valence-corrected chi connectivity index (χ0v) is 16.8. The lowest BCUT2D eigenvalue weighted by molar-refractivity contribution is -0.0848. The summed E-state index contributed by atoms with van der Waals surface area (Å²) in [5, 5.41) is 19.0. The van der Waals surface area contributed by atoms with Gasteiger partial charge < -0.3 is 15.2 Å². The van der Waals surface area contributed by atoms with Crippen molar-refractivity contribution in [3.05, 3.63) is 33.8 Å². The van der Waals surface area contributed by atoms with Crippen LogP contribution in [0.1, 0.15) is 37.7 Å². The van der Waals surface area contributed by atoms with Crippen molar-refractivity contribution in [1.29, 1.82) is 0 Å². The van der Waals surface area contributed by atoms with Gasteiger partial charge in [0.05, 0.1) is 16.1 Å². The molecule has 1 aromatic rings. The van der Waals surface area contributed by atoms with Crippen LogP contribution in [0.3, 0.4) is 0 Å². The predicted octanol–water partition coefficient (Wildman–Crippen LogP) is 3.66. The van der Waals surface area contributed by atoms with Crippen LogP contribution in [0.5, 0.6) is 0 Å². The normalized spacial score (nSPS) is 26.4. The van der Waals surface area contributed by atoms with Crippen molar-refractivity contribution in [3.8, 4) is 0 Å². The highest BCUT2D eigenvalue weighted by Gasteiger charge is 2.41. The molecule has 1 aromatic carbocycles. The second kappa shape index (κ2) is 10.1. The topological polar surface area (TPSA) is 53.5 Å². The highest BCUT2D eigenvalue weighted by molar-refractivity contribution is 6.42. The molecule has 1 saturated heterocycles. The predicted molar refractivity (Wildman–Crippen MR) is 104 cm³/mol. The summed E-state index contributed by atoms with van der Waals surface area (Å²) in [6.07, 6.45) is 2.58. The van der Waals surface area contributed by atoms with Crippen LogP contribution >= 0.6 is 23.2 Å². The van der Waals surface area contributed by atoms with E-state index in [0.29, 0.717) is 22.5 Å². The summed E-state index contributed by atoms with van der Waals surface area (Å²) in [5.41, 5.74) is 0.993. The van der Waals surface area contributed by atoms with Gasteiger partial charge in [0, 0.05) is 25.5 Å². The third-order valence-electron chi connectivity index (χ3n) is 5.27. The number of piperidine rings is 1. The second-order valence-electron chi connectivity index (χ2n) is 6.85. The van der Waals surface area contributed by atoms with Gasteiger partial charge in [0.25, 0.3) is 0 Å². The largest absolute Gasteiger partial charge is 0.392 e. The van der Waals surface area contributed by atoms with Crippen LogP contribution < -0.4 is 10.6 Å². The molecule has 0 aliphatic carbocycles. The van der Waals surface area contributed by atoms with Crippen molar-refractivity contribution in [3.63, 3.8) is 0 Å². The Balaban J connectivity index is 2.31. The summed E-state index contributed by atoms with van der Waals surface area (Å²) in [6, 6.07) is 5.61. The van der Waals surface area contributed by atoms with E-state index in [0.717, 1.165) is 31.4 Å². The summed E-state index contributed by atoms with van der Waals surface area (Å²) in [6.45, 7) is 3.78. The molecule has 5 atom stereocenters. The number of hydrogen-bond acceptors (Lipinski definition) is 4. The number of aliphatic hydroxyl groups is 1. The van der Waals surface area contributed by atoms with Gasteiger partial charge >= 0.3 is 0 Å². The third-order valence-corrected chi connectivity index (χ3v) is 6.01. The van der Waals surface area contributed by atoms with Crippen LogP contribution in [0.15, 0.2) is 18.2 Å². The second-order valence-corrected chi connectivity index (χ2v) is 7.67. The molecule has 142 valence electrons. The Morgan fingerprint density at radius 3 is 2.72 bits per heavy atom. The lowest BCUT2D eigenvalue weighted by Crippen LogP contribution is -2.53. The van der Waals surface area contributed by atoms with Crippen LogP contribution in [0.25, 0.3) is 0 Å². The van der Waals surface area contributed by atoms with E-state index in [1.807, 2.05) is 19.2 Å². The zero-order valence-electron chi connectivity index (χ0n) is 15.3. The van der Waals surface area contributed by atoms with Crippen LogP contribution in [-0.4, -0.2) is 44.7 Å². The summed E-state index contributed by atoms with van der Waals surface area (Å²) < 4.78 is 5.67. The van der Waals surface area contributed by atoms with Crippen LogP contribution in [-0.2, 0) is 4.74 Å². The molecular formula is C19H30Cl2N2O2. The molecule has 4 nitrogen and oxygen atoms in total. The van der Waals surface area contributed by atoms with E-state index < -0.39 is 6.10 Å². The van der Waals surface area contributed by atoms with Gasteiger partial charge in [-0.15, -0.1) is 0 Å². The average molecular weight is 389 g/mol. The van der Waals surface area contributed by atoms with Gasteiger partial charge in [-0.05, 0) is 43.6 Å². The van der Waals surface area contributed by atoms with Crippen molar-refractivity contribution >= 4 is 23.2 Å². The van der Waals surface area contributed by atoms with Crippen LogP contribution in [0.4, 0.5) is 0 Å². The average Bonchev–Trinajstić information content (AvgIpc) is 2.61. The Labute approximate surface area is 161 Å². The summed E-state index contributed by atoms with van der Waals surface area (Å²) in [7, 11) is 3.60. The quantitative estimate of drug-likeness (QED) is 0.635. The third kappa shape index (κ3) is 5.09. The lowest BCUT2D eigenvalue weighted by Gasteiger charge is -2.43. The molecule has 0 saturated carbocycles. The minimum atomic E-state index is -0.543. The van der Waals surface area contributed by atoms with Crippen molar-refractivity contribution in [2.45, 2.75) is 44.4 Å². The first kappa shape index (κ1) is 20.9. The number of nitrogens with one attached hydrogen (secondary N) is 2. The maximum absolute atomic E-state index is 11.3.